The smallest absolute Gasteiger partial charge is 0.272 e. The average Bonchev–Trinajstić information content (AvgIpc) is 2.76. The van der Waals surface area contributed by atoms with E-state index in [2.05, 4.69) is 4.98 Å². The lowest BCUT2D eigenvalue weighted by Crippen LogP contribution is -2.38. The van der Waals surface area contributed by atoms with Crippen molar-refractivity contribution in [3.63, 3.8) is 0 Å². The van der Waals surface area contributed by atoms with Crippen LogP contribution in [-0.2, 0) is 17.1 Å². The average molecular weight is 328 g/mol. The summed E-state index contributed by atoms with van der Waals surface area (Å²) < 4.78 is 27.7. The highest BCUT2D eigenvalue weighted by molar-refractivity contribution is 7.89. The van der Waals surface area contributed by atoms with Crippen molar-refractivity contribution in [3.8, 4) is 0 Å². The van der Waals surface area contributed by atoms with E-state index in [1.807, 2.05) is 6.92 Å². The first-order chi connectivity index (χ1) is 10.5. The minimum atomic E-state index is -3.20. The van der Waals surface area contributed by atoms with Crippen LogP contribution in [0.5, 0.6) is 0 Å². The summed E-state index contributed by atoms with van der Waals surface area (Å²) >= 11 is 0. The van der Waals surface area contributed by atoms with Crippen LogP contribution in [0.3, 0.4) is 0 Å². The van der Waals surface area contributed by atoms with Crippen molar-refractivity contribution in [2.45, 2.75) is 26.2 Å². The fraction of sp³-hybridized carbons (Fsp3) is 0.714. The van der Waals surface area contributed by atoms with Gasteiger partial charge in [0.25, 0.3) is 5.91 Å². The van der Waals surface area contributed by atoms with Gasteiger partial charge in [0, 0.05) is 33.2 Å². The quantitative estimate of drug-likeness (QED) is 0.797. The highest BCUT2D eigenvalue weighted by Gasteiger charge is 2.27. The van der Waals surface area contributed by atoms with E-state index in [1.54, 1.807) is 29.0 Å². The molecule has 1 saturated heterocycles. The Morgan fingerprint density at radius 2 is 2.05 bits per heavy atom. The van der Waals surface area contributed by atoms with Gasteiger partial charge < -0.3 is 9.47 Å². The minimum Gasteiger partial charge on any atom is -0.336 e. The van der Waals surface area contributed by atoms with E-state index in [9.17, 15) is 13.2 Å². The summed E-state index contributed by atoms with van der Waals surface area (Å²) in [6.07, 6.45) is 5.33. The minimum absolute atomic E-state index is 0.0900. The lowest BCUT2D eigenvalue weighted by Gasteiger charge is -2.22. The Balaban J connectivity index is 2.01. The molecule has 1 aromatic heterocycles. The largest absolute Gasteiger partial charge is 0.336 e. The molecule has 0 radical (unpaired) electrons. The molecule has 1 aliphatic heterocycles. The van der Waals surface area contributed by atoms with Crippen LogP contribution >= 0.6 is 0 Å². The second-order valence-corrected chi connectivity index (χ2v) is 7.69. The van der Waals surface area contributed by atoms with Crippen LogP contribution in [0.4, 0.5) is 0 Å². The van der Waals surface area contributed by atoms with E-state index in [-0.39, 0.29) is 11.7 Å². The van der Waals surface area contributed by atoms with Crippen LogP contribution in [-0.4, -0.2) is 65.0 Å². The molecule has 1 aromatic rings. The van der Waals surface area contributed by atoms with E-state index < -0.39 is 10.0 Å². The zero-order valence-corrected chi connectivity index (χ0v) is 14.0. The zero-order chi connectivity index (χ0) is 16.2. The van der Waals surface area contributed by atoms with E-state index in [1.165, 1.54) is 4.31 Å². The standard InChI is InChI=1S/C14H24N4O3S/c1-3-4-10-22(20,21)18-7-5-6-17(8-9-18)14(19)13-11-15-12-16(13)2/h11-12H,3-10H2,1-2H3. The normalized spacial score (nSPS) is 17.5. The van der Waals surface area contributed by atoms with Gasteiger partial charge in [0.05, 0.1) is 18.3 Å². The number of unbranched alkanes of at least 4 members (excludes halogenated alkanes) is 1. The predicted octanol–water partition coefficient (Wildman–Crippen LogP) is 0.698. The van der Waals surface area contributed by atoms with Crippen LogP contribution in [0.1, 0.15) is 36.7 Å². The lowest BCUT2D eigenvalue weighted by atomic mass is 10.3. The lowest BCUT2D eigenvalue weighted by molar-refractivity contribution is 0.0754. The Hall–Kier alpha value is -1.41. The van der Waals surface area contributed by atoms with Gasteiger partial charge in [-0.2, -0.15) is 0 Å². The van der Waals surface area contributed by atoms with Crippen LogP contribution in [0, 0.1) is 0 Å². The summed E-state index contributed by atoms with van der Waals surface area (Å²) in [5, 5.41) is 0. The maximum Gasteiger partial charge on any atom is 0.272 e. The monoisotopic (exact) mass is 328 g/mol. The number of aryl methyl sites for hydroxylation is 1. The van der Waals surface area contributed by atoms with Gasteiger partial charge in [-0.05, 0) is 12.8 Å². The molecular weight excluding hydrogens is 304 g/mol. The first-order valence-electron chi connectivity index (χ1n) is 7.69. The molecule has 2 rings (SSSR count). The third-order valence-corrected chi connectivity index (χ3v) is 5.88. The van der Waals surface area contributed by atoms with E-state index in [0.717, 1.165) is 6.42 Å². The number of hydrogen-bond donors (Lipinski definition) is 0. The molecule has 0 unspecified atom stereocenters. The Morgan fingerprint density at radius 1 is 1.27 bits per heavy atom. The van der Waals surface area contributed by atoms with Crippen LogP contribution in [0.2, 0.25) is 0 Å². The Bertz CT molecular complexity index is 611. The summed E-state index contributed by atoms with van der Waals surface area (Å²) in [6, 6.07) is 0. The molecule has 0 saturated carbocycles. The summed E-state index contributed by atoms with van der Waals surface area (Å²) in [5.41, 5.74) is 0.530. The van der Waals surface area contributed by atoms with Crippen LogP contribution in [0.15, 0.2) is 12.5 Å². The number of amides is 1. The third-order valence-electron chi connectivity index (χ3n) is 3.93. The fourth-order valence-electron chi connectivity index (χ4n) is 2.56. The molecular formula is C14H24N4O3S. The summed E-state index contributed by atoms with van der Waals surface area (Å²) in [4.78, 5) is 18.1. The van der Waals surface area contributed by atoms with Crippen molar-refractivity contribution >= 4 is 15.9 Å². The van der Waals surface area contributed by atoms with Crippen molar-refractivity contribution in [1.29, 1.82) is 0 Å². The predicted molar refractivity (Wildman–Crippen MR) is 84.0 cm³/mol. The molecule has 7 nitrogen and oxygen atoms in total. The molecule has 124 valence electrons. The van der Waals surface area contributed by atoms with E-state index in [4.69, 9.17) is 0 Å². The van der Waals surface area contributed by atoms with Crippen molar-refractivity contribution in [2.24, 2.45) is 7.05 Å². The summed E-state index contributed by atoms with van der Waals surface area (Å²) in [5.74, 6) is 0.104. The Kier molecular flexibility index (Phi) is 5.57. The first-order valence-corrected chi connectivity index (χ1v) is 9.30. The summed E-state index contributed by atoms with van der Waals surface area (Å²) in [6.45, 7) is 3.84. The first kappa shape index (κ1) is 17.0. The number of carbonyl (C=O) groups excluding carboxylic acids is 1. The molecule has 0 atom stereocenters. The van der Waals surface area contributed by atoms with Crippen LogP contribution < -0.4 is 0 Å². The van der Waals surface area contributed by atoms with Gasteiger partial charge in [-0.25, -0.2) is 17.7 Å². The van der Waals surface area contributed by atoms with Gasteiger partial charge in [-0.1, -0.05) is 13.3 Å². The Labute approximate surface area is 132 Å². The molecule has 2 heterocycles. The van der Waals surface area contributed by atoms with E-state index >= 15 is 0 Å². The molecule has 0 N–H and O–H groups in total. The highest BCUT2D eigenvalue weighted by Crippen LogP contribution is 2.12. The van der Waals surface area contributed by atoms with Gasteiger partial charge in [-0.3, -0.25) is 4.79 Å². The van der Waals surface area contributed by atoms with Gasteiger partial charge in [-0.15, -0.1) is 0 Å². The molecule has 0 aliphatic carbocycles. The van der Waals surface area contributed by atoms with Gasteiger partial charge >= 0.3 is 0 Å². The molecule has 0 bridgehead atoms. The van der Waals surface area contributed by atoms with Gasteiger partial charge in [0.2, 0.25) is 10.0 Å². The van der Waals surface area contributed by atoms with Crippen molar-refractivity contribution in [1.82, 2.24) is 18.8 Å². The number of aromatic nitrogens is 2. The maximum atomic E-state index is 12.5. The van der Waals surface area contributed by atoms with E-state index in [0.29, 0.717) is 44.7 Å². The molecule has 22 heavy (non-hydrogen) atoms. The molecule has 1 amide bonds. The molecule has 0 aromatic carbocycles. The number of nitrogens with zero attached hydrogens (tertiary/aromatic N) is 4. The molecule has 1 fully saturated rings. The number of carbonyl (C=O) groups is 1. The SMILES string of the molecule is CCCCS(=O)(=O)N1CCCN(C(=O)c2cncn2C)CC1. The Morgan fingerprint density at radius 3 is 2.68 bits per heavy atom. The number of hydrogen-bond acceptors (Lipinski definition) is 4. The van der Waals surface area contributed by atoms with Gasteiger partial charge in [0.1, 0.15) is 5.69 Å². The topological polar surface area (TPSA) is 75.5 Å². The number of rotatable bonds is 5. The number of imidazole rings is 1. The summed E-state index contributed by atoms with van der Waals surface area (Å²) in [7, 11) is -1.42. The maximum absolute atomic E-state index is 12.5. The van der Waals surface area contributed by atoms with Crippen molar-refractivity contribution in [2.75, 3.05) is 31.9 Å². The number of sulfonamides is 1. The van der Waals surface area contributed by atoms with Crippen molar-refractivity contribution < 1.29 is 13.2 Å². The molecule has 1 aliphatic rings. The van der Waals surface area contributed by atoms with Gasteiger partial charge in [0.15, 0.2) is 0 Å². The molecule has 8 heteroatoms. The molecule has 0 spiro atoms. The third kappa shape index (κ3) is 3.86. The second-order valence-electron chi connectivity index (χ2n) is 5.60. The zero-order valence-electron chi connectivity index (χ0n) is 13.2. The second kappa shape index (κ2) is 7.23. The van der Waals surface area contributed by atoms with Crippen LogP contribution in [0.25, 0.3) is 0 Å². The highest BCUT2D eigenvalue weighted by atomic mass is 32.2. The fourth-order valence-corrected chi connectivity index (χ4v) is 4.23. The van der Waals surface area contributed by atoms with Crippen molar-refractivity contribution in [3.05, 3.63) is 18.2 Å².